The van der Waals surface area contributed by atoms with Crippen LogP contribution in [0.4, 0.5) is 4.79 Å². The van der Waals surface area contributed by atoms with E-state index in [1.165, 1.54) is 6.08 Å². The van der Waals surface area contributed by atoms with Crippen LogP contribution < -0.4 is 4.74 Å². The quantitative estimate of drug-likeness (QED) is 0.647. The van der Waals surface area contributed by atoms with Gasteiger partial charge in [-0.15, -0.1) is 0 Å². The number of hydrogen-bond donors (Lipinski definition) is 0. The molecule has 2 aromatic carbocycles. The van der Waals surface area contributed by atoms with Gasteiger partial charge in [-0.2, -0.15) is 0 Å². The molecule has 0 bridgehead atoms. The van der Waals surface area contributed by atoms with Crippen molar-refractivity contribution in [3.8, 4) is 5.75 Å². The van der Waals surface area contributed by atoms with Crippen molar-refractivity contribution >= 4 is 23.5 Å². The van der Waals surface area contributed by atoms with Crippen LogP contribution in [-0.4, -0.2) is 41.6 Å². The summed E-state index contributed by atoms with van der Waals surface area (Å²) in [4.78, 5) is 39.5. The SMILES string of the molecule is COc1ccc(C2=CC(=O)N(C(=O)OC(C)(C)C)[C@H](C(=O)OCc3ccccc3)C2)cc1. The van der Waals surface area contributed by atoms with E-state index in [0.717, 1.165) is 16.0 Å². The lowest BCUT2D eigenvalue weighted by Gasteiger charge is -2.33. The van der Waals surface area contributed by atoms with Gasteiger partial charge in [0.2, 0.25) is 0 Å². The molecular formula is C25H27NO6. The van der Waals surface area contributed by atoms with Crippen LogP contribution in [0.1, 0.15) is 38.3 Å². The van der Waals surface area contributed by atoms with Gasteiger partial charge >= 0.3 is 12.1 Å². The largest absolute Gasteiger partial charge is 0.497 e. The van der Waals surface area contributed by atoms with Gasteiger partial charge in [-0.25, -0.2) is 14.5 Å². The molecule has 0 unspecified atom stereocenters. The highest BCUT2D eigenvalue weighted by Gasteiger charge is 2.41. The summed E-state index contributed by atoms with van der Waals surface area (Å²) < 4.78 is 16.0. The van der Waals surface area contributed by atoms with Crippen LogP contribution in [0.25, 0.3) is 5.57 Å². The van der Waals surface area contributed by atoms with Crippen molar-refractivity contribution in [3.05, 3.63) is 71.8 Å². The third kappa shape index (κ3) is 5.75. The van der Waals surface area contributed by atoms with Crippen LogP contribution in [0, 0.1) is 0 Å². The molecule has 0 spiro atoms. The van der Waals surface area contributed by atoms with Gasteiger partial charge in [0.1, 0.15) is 24.0 Å². The molecule has 1 aliphatic rings. The van der Waals surface area contributed by atoms with Gasteiger partial charge in [0.25, 0.3) is 5.91 Å². The number of imide groups is 1. The highest BCUT2D eigenvalue weighted by atomic mass is 16.6. The summed E-state index contributed by atoms with van der Waals surface area (Å²) in [5, 5.41) is 0. The van der Waals surface area contributed by atoms with Crippen LogP contribution in [0.2, 0.25) is 0 Å². The van der Waals surface area contributed by atoms with Gasteiger partial charge in [-0.05, 0) is 49.6 Å². The Balaban J connectivity index is 1.87. The van der Waals surface area contributed by atoms with E-state index in [-0.39, 0.29) is 13.0 Å². The van der Waals surface area contributed by atoms with Crippen molar-refractivity contribution in [1.29, 1.82) is 0 Å². The van der Waals surface area contributed by atoms with E-state index in [4.69, 9.17) is 14.2 Å². The zero-order chi connectivity index (χ0) is 23.3. The second-order valence-corrected chi connectivity index (χ2v) is 8.40. The molecule has 32 heavy (non-hydrogen) atoms. The van der Waals surface area contributed by atoms with Gasteiger partial charge in [-0.1, -0.05) is 42.5 Å². The molecule has 0 N–H and O–H groups in total. The average molecular weight is 437 g/mol. The van der Waals surface area contributed by atoms with Gasteiger partial charge < -0.3 is 14.2 Å². The van der Waals surface area contributed by atoms with Gasteiger partial charge in [-0.3, -0.25) is 4.79 Å². The molecule has 1 aliphatic heterocycles. The van der Waals surface area contributed by atoms with Crippen molar-refractivity contribution in [2.45, 2.75) is 45.4 Å². The minimum absolute atomic E-state index is 0.0358. The molecule has 2 amide bonds. The Kier molecular flexibility index (Phi) is 6.98. The van der Waals surface area contributed by atoms with Crippen LogP contribution in [0.15, 0.2) is 60.7 Å². The molecular weight excluding hydrogens is 410 g/mol. The number of hydrogen-bond acceptors (Lipinski definition) is 6. The summed E-state index contributed by atoms with van der Waals surface area (Å²) >= 11 is 0. The molecule has 1 heterocycles. The lowest BCUT2D eigenvalue weighted by atomic mass is 9.94. The van der Waals surface area contributed by atoms with Gasteiger partial charge in [0, 0.05) is 12.5 Å². The predicted molar refractivity (Wildman–Crippen MR) is 119 cm³/mol. The number of carbonyl (C=O) groups is 3. The first kappa shape index (κ1) is 23.1. The molecule has 0 saturated heterocycles. The fourth-order valence-electron chi connectivity index (χ4n) is 3.28. The lowest BCUT2D eigenvalue weighted by Crippen LogP contribution is -2.52. The molecule has 0 saturated carbocycles. The maximum Gasteiger partial charge on any atom is 0.418 e. The summed E-state index contributed by atoms with van der Waals surface area (Å²) in [5.74, 6) is -0.629. The summed E-state index contributed by atoms with van der Waals surface area (Å²) in [6, 6.07) is 15.2. The number of esters is 1. The van der Waals surface area contributed by atoms with Crippen LogP contribution in [0.3, 0.4) is 0 Å². The van der Waals surface area contributed by atoms with Crippen molar-refractivity contribution in [1.82, 2.24) is 4.90 Å². The first-order chi connectivity index (χ1) is 15.2. The van der Waals surface area contributed by atoms with E-state index in [9.17, 15) is 14.4 Å². The fraction of sp³-hybridized carbons (Fsp3) is 0.320. The Morgan fingerprint density at radius 2 is 1.69 bits per heavy atom. The smallest absolute Gasteiger partial charge is 0.418 e. The maximum absolute atomic E-state index is 13.0. The van der Waals surface area contributed by atoms with E-state index in [2.05, 4.69) is 0 Å². The molecule has 7 heteroatoms. The third-order valence-corrected chi connectivity index (χ3v) is 4.81. The second-order valence-electron chi connectivity index (χ2n) is 8.40. The molecule has 0 aliphatic carbocycles. The number of carbonyl (C=O) groups excluding carboxylic acids is 3. The molecule has 3 rings (SSSR count). The third-order valence-electron chi connectivity index (χ3n) is 4.81. The Morgan fingerprint density at radius 1 is 1.03 bits per heavy atom. The average Bonchev–Trinajstić information content (AvgIpc) is 2.76. The maximum atomic E-state index is 13.0. The minimum Gasteiger partial charge on any atom is -0.497 e. The summed E-state index contributed by atoms with van der Waals surface area (Å²) in [6.45, 7) is 5.12. The topological polar surface area (TPSA) is 82.1 Å². The zero-order valence-corrected chi connectivity index (χ0v) is 18.7. The normalized spacial score (nSPS) is 16.2. The van der Waals surface area contributed by atoms with Crippen LogP contribution in [-0.2, 0) is 25.7 Å². The highest BCUT2D eigenvalue weighted by molar-refractivity contribution is 6.08. The Hall–Kier alpha value is -3.61. The lowest BCUT2D eigenvalue weighted by molar-refractivity contribution is -0.154. The second kappa shape index (κ2) is 9.68. The van der Waals surface area contributed by atoms with Crippen molar-refractivity contribution in [2.75, 3.05) is 7.11 Å². The Labute approximate surface area is 187 Å². The van der Waals surface area contributed by atoms with Crippen LogP contribution in [0.5, 0.6) is 5.75 Å². The number of methoxy groups -OCH3 is 1. The van der Waals surface area contributed by atoms with E-state index in [1.54, 1.807) is 52.1 Å². The first-order valence-electron chi connectivity index (χ1n) is 10.3. The van der Waals surface area contributed by atoms with E-state index >= 15 is 0 Å². The molecule has 0 radical (unpaired) electrons. The van der Waals surface area contributed by atoms with Crippen molar-refractivity contribution in [3.63, 3.8) is 0 Å². The summed E-state index contributed by atoms with van der Waals surface area (Å²) in [7, 11) is 1.57. The number of benzene rings is 2. The van der Waals surface area contributed by atoms with E-state index in [1.807, 2.05) is 30.3 Å². The number of amides is 2. The highest BCUT2D eigenvalue weighted by Crippen LogP contribution is 2.30. The predicted octanol–water partition coefficient (Wildman–Crippen LogP) is 4.36. The fourth-order valence-corrected chi connectivity index (χ4v) is 3.28. The standard InChI is InChI=1S/C25H27NO6/c1-25(2,3)32-24(29)26-21(23(28)31-16-17-8-6-5-7-9-17)14-19(15-22(26)27)18-10-12-20(30-4)13-11-18/h5-13,15,21H,14,16H2,1-4H3/t21-/m0/s1. The molecule has 0 fully saturated rings. The molecule has 0 aromatic heterocycles. The monoisotopic (exact) mass is 437 g/mol. The zero-order valence-electron chi connectivity index (χ0n) is 18.7. The number of ether oxygens (including phenoxy) is 3. The Morgan fingerprint density at radius 3 is 2.28 bits per heavy atom. The molecule has 2 aromatic rings. The van der Waals surface area contributed by atoms with Gasteiger partial charge in [0.05, 0.1) is 7.11 Å². The first-order valence-corrected chi connectivity index (χ1v) is 10.3. The van der Waals surface area contributed by atoms with E-state index in [0.29, 0.717) is 11.3 Å². The van der Waals surface area contributed by atoms with Crippen LogP contribution >= 0.6 is 0 Å². The van der Waals surface area contributed by atoms with E-state index < -0.39 is 29.6 Å². The minimum atomic E-state index is -1.14. The molecule has 168 valence electrons. The van der Waals surface area contributed by atoms with Crippen molar-refractivity contribution < 1.29 is 28.6 Å². The summed E-state index contributed by atoms with van der Waals surface area (Å²) in [5.41, 5.74) is 1.36. The molecule has 7 nitrogen and oxygen atoms in total. The number of nitrogens with zero attached hydrogens (tertiary/aromatic N) is 1. The Bertz CT molecular complexity index is 1000. The van der Waals surface area contributed by atoms with Gasteiger partial charge in [0.15, 0.2) is 0 Å². The molecule has 1 atom stereocenters. The number of rotatable bonds is 5. The summed E-state index contributed by atoms with van der Waals surface area (Å²) in [6.07, 6.45) is 0.590. The van der Waals surface area contributed by atoms with Crippen molar-refractivity contribution in [2.24, 2.45) is 0 Å².